The molecule has 0 aliphatic carbocycles. The van der Waals surface area contributed by atoms with Crippen molar-refractivity contribution in [3.8, 4) is 0 Å². The lowest BCUT2D eigenvalue weighted by molar-refractivity contribution is -0.240. The maximum Gasteiger partial charge on any atom is 0.373 e. The van der Waals surface area contributed by atoms with E-state index in [0.717, 1.165) is 25.2 Å². The summed E-state index contributed by atoms with van der Waals surface area (Å²) < 4.78 is 59.0. The third kappa shape index (κ3) is 7.61. The summed E-state index contributed by atoms with van der Waals surface area (Å²) in [6, 6.07) is 8.24. The van der Waals surface area contributed by atoms with E-state index in [0.29, 0.717) is 16.9 Å². The van der Waals surface area contributed by atoms with E-state index < -0.39 is 49.0 Å². The van der Waals surface area contributed by atoms with Gasteiger partial charge in [0.15, 0.2) is 0 Å². The number of nitrogens with one attached hydrogen (secondary N) is 2. The van der Waals surface area contributed by atoms with Crippen molar-refractivity contribution < 1.29 is 31.8 Å². The molecule has 2 fully saturated rings. The molecule has 1 aromatic carbocycles. The van der Waals surface area contributed by atoms with E-state index in [9.17, 15) is 22.0 Å². The molecule has 3 N–H and O–H groups in total. The number of carbonyl (C=O) groups excluding carboxylic acids is 1. The summed E-state index contributed by atoms with van der Waals surface area (Å²) in [5.74, 6) is -0.708. The first-order valence-electron chi connectivity index (χ1n) is 12.7. The molecule has 0 atom stereocenters. The van der Waals surface area contributed by atoms with Crippen LogP contribution in [0, 0.1) is 6.92 Å². The number of carbonyl (C=O) groups is 1. The predicted molar refractivity (Wildman–Crippen MR) is 148 cm³/mol. The fraction of sp³-hybridized carbons (Fsp3) is 0.542. The van der Waals surface area contributed by atoms with Crippen molar-refractivity contribution in [3.05, 3.63) is 35.5 Å². The van der Waals surface area contributed by atoms with Crippen LogP contribution in [0.4, 0.5) is 31.9 Å². The van der Waals surface area contributed by atoms with Crippen LogP contribution >= 0.6 is 0 Å². The molecule has 1 amide bonds. The molecule has 0 radical (unpaired) electrons. The van der Waals surface area contributed by atoms with Crippen LogP contribution in [0.5, 0.6) is 0 Å². The highest BCUT2D eigenvalue weighted by Gasteiger charge is 2.38. The topological polar surface area (TPSA) is 137 Å². The number of aliphatic hydroxyl groups is 1. The number of aliphatic hydroxyl groups excluding tert-OH is 1. The molecule has 0 unspecified atom stereocenters. The summed E-state index contributed by atoms with van der Waals surface area (Å²) in [5, 5.41) is 11.8. The number of rotatable bonds is 8. The molecule has 11 nitrogen and oxygen atoms in total. The molecule has 0 saturated carbocycles. The number of ether oxygens (including phenoxy) is 1. The van der Waals surface area contributed by atoms with Crippen molar-refractivity contribution in [3.63, 3.8) is 0 Å². The number of aryl methyl sites for hydroxylation is 1. The highest BCUT2D eigenvalue weighted by Crippen LogP contribution is 2.32. The van der Waals surface area contributed by atoms with Crippen LogP contribution in [0.1, 0.15) is 16.1 Å². The first-order valence-corrected chi connectivity index (χ1v) is 17.8. The Balaban J connectivity index is 1.62. The number of hydrogen-bond donors (Lipinski definition) is 3. The zero-order valence-corrected chi connectivity index (χ0v) is 24.0. The number of hydrogen-bond acceptors (Lipinski definition) is 9. The van der Waals surface area contributed by atoms with Crippen molar-refractivity contribution >= 4 is 47.1 Å². The van der Waals surface area contributed by atoms with Crippen LogP contribution in [-0.2, 0) is 14.8 Å². The summed E-state index contributed by atoms with van der Waals surface area (Å²) in [6.07, 6.45) is -3.32. The van der Waals surface area contributed by atoms with Crippen LogP contribution in [0.25, 0.3) is 0 Å². The monoisotopic (exact) mass is 584 g/mol. The molecule has 3 heterocycles. The van der Waals surface area contributed by atoms with Gasteiger partial charge < -0.3 is 25.0 Å². The zero-order valence-electron chi connectivity index (χ0n) is 22.2. The Morgan fingerprint density at radius 1 is 1.15 bits per heavy atom. The molecule has 1 aromatic heterocycles. The third-order valence-corrected chi connectivity index (χ3v) is 11.2. The molecule has 4 rings (SSSR count). The molecule has 214 valence electrons. The Kier molecular flexibility index (Phi) is 8.44. The maximum absolute atomic E-state index is 13.8. The lowest BCUT2D eigenvalue weighted by atomic mass is 10.1. The van der Waals surface area contributed by atoms with Crippen LogP contribution in [0.3, 0.4) is 0 Å². The minimum absolute atomic E-state index is 0.0605. The van der Waals surface area contributed by atoms with Crippen molar-refractivity contribution in [2.45, 2.75) is 38.2 Å². The smallest absolute Gasteiger partial charge is 0.373 e. The second kappa shape index (κ2) is 11.3. The normalized spacial score (nSPS) is 19.0. The molecular formula is C24H34F2N6O5SSi. The number of halogens is 2. The van der Waals surface area contributed by atoms with Gasteiger partial charge in [-0.1, -0.05) is 13.1 Å². The van der Waals surface area contributed by atoms with Crippen LogP contribution in [0.15, 0.2) is 24.3 Å². The number of sulfonamides is 1. The van der Waals surface area contributed by atoms with Gasteiger partial charge in [-0.2, -0.15) is 13.8 Å². The van der Waals surface area contributed by atoms with Gasteiger partial charge in [0.05, 0.1) is 44.0 Å². The van der Waals surface area contributed by atoms with Crippen molar-refractivity contribution in [1.29, 1.82) is 0 Å². The van der Waals surface area contributed by atoms with Gasteiger partial charge in [-0.15, -0.1) is 0 Å². The number of alkyl halides is 2. The molecule has 2 aliphatic rings. The third-order valence-electron chi connectivity index (χ3n) is 6.75. The summed E-state index contributed by atoms with van der Waals surface area (Å²) in [4.78, 5) is 25.4. The number of aromatic nitrogens is 2. The standard InChI is InChI=1S/C24H34F2N6O5SSi/c1-17-14-21(29-23(27-17)32-6-10-37-24(25,26)16-32)28-22(34)19-5-4-18(30-38(35,36)11-9-33)15-20(19)31-7-12-39(2,3)13-8-31/h4-5,14-15,30,33H,6-13,16H2,1-3H3,(H,27,28,29,34). The van der Waals surface area contributed by atoms with E-state index >= 15 is 0 Å². The largest absolute Gasteiger partial charge is 0.395 e. The van der Waals surface area contributed by atoms with Gasteiger partial charge in [0.25, 0.3) is 5.91 Å². The Labute approximate surface area is 227 Å². The minimum atomic E-state index is -3.76. The number of anilines is 4. The number of morpholine rings is 1. The lowest BCUT2D eigenvalue weighted by Gasteiger charge is -2.38. The number of amides is 1. The zero-order chi connectivity index (χ0) is 28.4. The van der Waals surface area contributed by atoms with E-state index in [1.807, 2.05) is 0 Å². The quantitative estimate of drug-likeness (QED) is 0.400. The predicted octanol–water partition coefficient (Wildman–Crippen LogP) is 2.73. The number of nitrogens with zero attached hydrogens (tertiary/aromatic N) is 4. The maximum atomic E-state index is 13.8. The molecule has 0 spiro atoms. The average molecular weight is 585 g/mol. The van der Waals surface area contributed by atoms with Crippen molar-refractivity contribution in [2.75, 3.05) is 65.0 Å². The summed E-state index contributed by atoms with van der Waals surface area (Å²) in [5.41, 5.74) is 1.66. The van der Waals surface area contributed by atoms with Crippen LogP contribution in [-0.4, -0.2) is 88.7 Å². The Morgan fingerprint density at radius 2 is 1.87 bits per heavy atom. The summed E-state index contributed by atoms with van der Waals surface area (Å²) in [6.45, 7) is 6.55. The molecule has 39 heavy (non-hydrogen) atoms. The average Bonchev–Trinajstić information content (AvgIpc) is 2.82. The number of benzene rings is 1. The molecule has 15 heteroatoms. The van der Waals surface area contributed by atoms with Gasteiger partial charge in [-0.05, 0) is 37.2 Å². The fourth-order valence-electron chi connectivity index (χ4n) is 4.52. The van der Waals surface area contributed by atoms with Gasteiger partial charge >= 0.3 is 6.11 Å². The van der Waals surface area contributed by atoms with E-state index in [-0.39, 0.29) is 30.6 Å². The highest BCUT2D eigenvalue weighted by molar-refractivity contribution is 7.92. The summed E-state index contributed by atoms with van der Waals surface area (Å²) in [7, 11) is -5.10. The Morgan fingerprint density at radius 3 is 2.54 bits per heavy atom. The van der Waals surface area contributed by atoms with Crippen molar-refractivity contribution in [1.82, 2.24) is 9.97 Å². The Bertz CT molecular complexity index is 1320. The minimum Gasteiger partial charge on any atom is -0.395 e. The van der Waals surface area contributed by atoms with Crippen LogP contribution in [0.2, 0.25) is 25.2 Å². The molecule has 2 saturated heterocycles. The fourth-order valence-corrected chi connectivity index (χ4v) is 7.35. The van der Waals surface area contributed by atoms with Crippen LogP contribution < -0.4 is 19.8 Å². The second-order valence-electron chi connectivity index (χ2n) is 10.6. The van der Waals surface area contributed by atoms with Gasteiger partial charge in [-0.25, -0.2) is 13.4 Å². The first kappa shape index (κ1) is 29.1. The van der Waals surface area contributed by atoms with Crippen molar-refractivity contribution in [2.24, 2.45) is 0 Å². The SMILES string of the molecule is Cc1cc(NC(=O)c2ccc(NS(=O)(=O)CCO)cc2N2CC[Si](C)(C)CC2)nc(N2CCOC(F)(F)C2)n1. The van der Waals surface area contributed by atoms with E-state index in [1.54, 1.807) is 19.1 Å². The molecular weight excluding hydrogens is 550 g/mol. The second-order valence-corrected chi connectivity index (χ2v) is 17.8. The van der Waals surface area contributed by atoms with E-state index in [1.165, 1.54) is 17.0 Å². The van der Waals surface area contributed by atoms with Gasteiger partial charge in [0.2, 0.25) is 16.0 Å². The molecule has 2 aliphatic heterocycles. The lowest BCUT2D eigenvalue weighted by Crippen LogP contribution is -2.47. The molecule has 2 aromatic rings. The highest BCUT2D eigenvalue weighted by atomic mass is 32.2. The first-order chi connectivity index (χ1) is 18.3. The summed E-state index contributed by atoms with van der Waals surface area (Å²) >= 11 is 0. The van der Waals surface area contributed by atoms with E-state index in [2.05, 4.69) is 42.7 Å². The van der Waals surface area contributed by atoms with Gasteiger partial charge in [0.1, 0.15) is 12.4 Å². The van der Waals surface area contributed by atoms with Gasteiger partial charge in [0, 0.05) is 31.4 Å². The van der Waals surface area contributed by atoms with Gasteiger partial charge in [-0.3, -0.25) is 9.52 Å². The Hall–Kier alpha value is -2.88. The van der Waals surface area contributed by atoms with E-state index in [4.69, 9.17) is 5.11 Å². The molecule has 0 bridgehead atoms.